The van der Waals surface area contributed by atoms with Gasteiger partial charge in [-0.1, -0.05) is 23.2 Å². The number of carbonyl (C=O) groups excluding carboxylic acids is 2. The quantitative estimate of drug-likeness (QED) is 0.832. The van der Waals surface area contributed by atoms with Crippen molar-refractivity contribution in [2.24, 2.45) is 5.92 Å². The van der Waals surface area contributed by atoms with Gasteiger partial charge in [0.2, 0.25) is 11.8 Å². The van der Waals surface area contributed by atoms with Crippen molar-refractivity contribution < 1.29 is 9.59 Å². The van der Waals surface area contributed by atoms with E-state index in [2.05, 4.69) is 5.32 Å². The number of anilines is 1. The van der Waals surface area contributed by atoms with Crippen LogP contribution in [0.2, 0.25) is 10.0 Å². The topological polar surface area (TPSA) is 52.7 Å². The standard InChI is InChI=1S/C15H19Cl2N3O2/c1-18-6-8-19(2)14(21)11-5-7-20(15(11)22)13-9-10(16)3-4-12(13)17/h3-4,9,11,18H,5-8H2,1-2H3. The summed E-state index contributed by atoms with van der Waals surface area (Å²) in [4.78, 5) is 28.1. The van der Waals surface area contributed by atoms with Gasteiger partial charge in [-0.2, -0.15) is 0 Å². The zero-order valence-corrected chi connectivity index (χ0v) is 14.1. The lowest BCUT2D eigenvalue weighted by Crippen LogP contribution is -2.40. The summed E-state index contributed by atoms with van der Waals surface area (Å²) in [6.07, 6.45) is 0.490. The van der Waals surface area contributed by atoms with E-state index < -0.39 is 5.92 Å². The second kappa shape index (κ2) is 7.31. The molecule has 0 spiro atoms. The van der Waals surface area contributed by atoms with Crippen LogP contribution in [0.1, 0.15) is 6.42 Å². The van der Waals surface area contributed by atoms with Crippen LogP contribution < -0.4 is 10.2 Å². The number of nitrogens with one attached hydrogen (secondary N) is 1. The van der Waals surface area contributed by atoms with Gasteiger partial charge in [0.05, 0.1) is 10.7 Å². The first-order valence-electron chi connectivity index (χ1n) is 7.11. The van der Waals surface area contributed by atoms with E-state index in [9.17, 15) is 9.59 Å². The molecule has 1 heterocycles. The smallest absolute Gasteiger partial charge is 0.239 e. The molecule has 22 heavy (non-hydrogen) atoms. The molecule has 1 aliphatic rings. The Bertz CT molecular complexity index is 580. The lowest BCUT2D eigenvalue weighted by Gasteiger charge is -2.21. The molecule has 2 rings (SSSR count). The highest BCUT2D eigenvalue weighted by atomic mass is 35.5. The number of nitrogens with zero attached hydrogens (tertiary/aromatic N) is 2. The number of rotatable bonds is 5. The second-order valence-corrected chi connectivity index (χ2v) is 6.13. The molecule has 0 aliphatic carbocycles. The third-order valence-corrected chi connectivity index (χ3v) is 4.33. The van der Waals surface area contributed by atoms with E-state index in [1.807, 2.05) is 7.05 Å². The maximum atomic E-state index is 12.6. The minimum absolute atomic E-state index is 0.152. The fraction of sp³-hybridized carbons (Fsp3) is 0.467. The Morgan fingerprint density at radius 2 is 2.18 bits per heavy atom. The zero-order chi connectivity index (χ0) is 16.3. The summed E-state index contributed by atoms with van der Waals surface area (Å²) in [5, 5.41) is 3.94. The Hall–Kier alpha value is -1.30. The van der Waals surface area contributed by atoms with Crippen molar-refractivity contribution in [3.63, 3.8) is 0 Å². The summed E-state index contributed by atoms with van der Waals surface area (Å²) in [5.74, 6) is -1.01. The van der Waals surface area contributed by atoms with E-state index in [-0.39, 0.29) is 11.8 Å². The molecule has 2 amide bonds. The average Bonchev–Trinajstić information content (AvgIpc) is 2.88. The molecule has 1 aliphatic heterocycles. The molecule has 1 saturated heterocycles. The summed E-state index contributed by atoms with van der Waals surface area (Å²) in [5.41, 5.74) is 0.562. The normalized spacial score (nSPS) is 17.9. The SMILES string of the molecule is CNCCN(C)C(=O)C1CCN(c2cc(Cl)ccc2Cl)C1=O. The van der Waals surface area contributed by atoms with Crippen LogP contribution in [0.5, 0.6) is 0 Å². The predicted molar refractivity (Wildman–Crippen MR) is 88.5 cm³/mol. The van der Waals surface area contributed by atoms with E-state index >= 15 is 0 Å². The fourth-order valence-electron chi connectivity index (χ4n) is 2.50. The number of hydrogen-bond acceptors (Lipinski definition) is 3. The van der Waals surface area contributed by atoms with Crippen molar-refractivity contribution in [3.8, 4) is 0 Å². The molecule has 7 heteroatoms. The van der Waals surface area contributed by atoms with Crippen molar-refractivity contribution in [1.82, 2.24) is 10.2 Å². The molecule has 1 aromatic rings. The molecule has 0 radical (unpaired) electrons. The van der Waals surface area contributed by atoms with Gasteiger partial charge in [0, 0.05) is 31.7 Å². The van der Waals surface area contributed by atoms with Crippen LogP contribution in [0.15, 0.2) is 18.2 Å². The highest BCUT2D eigenvalue weighted by Crippen LogP contribution is 2.33. The molecule has 1 fully saturated rings. The molecule has 1 aromatic carbocycles. The molecule has 0 saturated carbocycles. The van der Waals surface area contributed by atoms with Crippen molar-refractivity contribution in [1.29, 1.82) is 0 Å². The first-order chi connectivity index (χ1) is 10.5. The first kappa shape index (κ1) is 17.1. The van der Waals surface area contributed by atoms with Crippen LogP contribution in [-0.2, 0) is 9.59 Å². The van der Waals surface area contributed by atoms with Gasteiger partial charge in [0.25, 0.3) is 0 Å². The third kappa shape index (κ3) is 3.54. The summed E-state index contributed by atoms with van der Waals surface area (Å²) in [7, 11) is 3.53. The van der Waals surface area contributed by atoms with Crippen molar-refractivity contribution in [3.05, 3.63) is 28.2 Å². The maximum absolute atomic E-state index is 12.6. The van der Waals surface area contributed by atoms with E-state index in [4.69, 9.17) is 23.2 Å². The van der Waals surface area contributed by atoms with Crippen LogP contribution in [0.25, 0.3) is 0 Å². The molecule has 1 atom stereocenters. The molecule has 0 bridgehead atoms. The summed E-state index contributed by atoms with van der Waals surface area (Å²) in [6.45, 7) is 1.72. The Morgan fingerprint density at radius 3 is 2.86 bits per heavy atom. The van der Waals surface area contributed by atoms with Gasteiger partial charge < -0.3 is 15.1 Å². The summed E-state index contributed by atoms with van der Waals surface area (Å²) >= 11 is 12.1. The van der Waals surface area contributed by atoms with Crippen LogP contribution in [0.4, 0.5) is 5.69 Å². The van der Waals surface area contributed by atoms with Gasteiger partial charge in [-0.15, -0.1) is 0 Å². The van der Waals surface area contributed by atoms with Gasteiger partial charge in [-0.05, 0) is 31.7 Å². The highest BCUT2D eigenvalue weighted by Gasteiger charge is 2.39. The second-order valence-electron chi connectivity index (χ2n) is 5.29. The fourth-order valence-corrected chi connectivity index (χ4v) is 2.88. The van der Waals surface area contributed by atoms with Gasteiger partial charge in [0.15, 0.2) is 0 Å². The Kier molecular flexibility index (Phi) is 5.67. The molecule has 1 unspecified atom stereocenters. The number of carbonyl (C=O) groups is 2. The lowest BCUT2D eigenvalue weighted by molar-refractivity contribution is -0.138. The molecule has 0 aromatic heterocycles. The average molecular weight is 344 g/mol. The van der Waals surface area contributed by atoms with Crippen LogP contribution in [0.3, 0.4) is 0 Å². The van der Waals surface area contributed by atoms with Crippen molar-refractivity contribution >= 4 is 40.7 Å². The van der Waals surface area contributed by atoms with E-state index in [1.165, 1.54) is 0 Å². The largest absolute Gasteiger partial charge is 0.344 e. The minimum atomic E-state index is -0.642. The van der Waals surface area contributed by atoms with Crippen LogP contribution in [-0.4, -0.2) is 50.4 Å². The number of likely N-dealkylation sites (N-methyl/N-ethyl adjacent to an activating group) is 2. The summed E-state index contributed by atoms with van der Waals surface area (Å²) in [6, 6.07) is 4.97. The van der Waals surface area contributed by atoms with E-state index in [0.29, 0.717) is 41.8 Å². The van der Waals surface area contributed by atoms with Crippen molar-refractivity contribution in [2.45, 2.75) is 6.42 Å². The predicted octanol–water partition coefficient (Wildman–Crippen LogP) is 2.02. The molecular formula is C15H19Cl2N3O2. The van der Waals surface area contributed by atoms with Gasteiger partial charge >= 0.3 is 0 Å². The van der Waals surface area contributed by atoms with Gasteiger partial charge in [-0.25, -0.2) is 0 Å². The number of benzene rings is 1. The van der Waals surface area contributed by atoms with Gasteiger partial charge in [0.1, 0.15) is 5.92 Å². The highest BCUT2D eigenvalue weighted by molar-refractivity contribution is 6.36. The van der Waals surface area contributed by atoms with Crippen molar-refractivity contribution in [2.75, 3.05) is 38.6 Å². The van der Waals surface area contributed by atoms with E-state index in [1.54, 1.807) is 35.0 Å². The molecule has 120 valence electrons. The lowest BCUT2D eigenvalue weighted by atomic mass is 10.1. The first-order valence-corrected chi connectivity index (χ1v) is 7.87. The number of amides is 2. The summed E-state index contributed by atoms with van der Waals surface area (Å²) < 4.78 is 0. The Balaban J connectivity index is 2.12. The monoisotopic (exact) mass is 343 g/mol. The zero-order valence-electron chi connectivity index (χ0n) is 12.6. The number of hydrogen-bond donors (Lipinski definition) is 1. The number of halogens is 2. The van der Waals surface area contributed by atoms with Crippen LogP contribution >= 0.6 is 23.2 Å². The minimum Gasteiger partial charge on any atom is -0.344 e. The molecular weight excluding hydrogens is 325 g/mol. The van der Waals surface area contributed by atoms with Gasteiger partial charge in [-0.3, -0.25) is 9.59 Å². The Labute approximate surface area is 140 Å². The van der Waals surface area contributed by atoms with Crippen LogP contribution in [0, 0.1) is 5.92 Å². The third-order valence-electron chi connectivity index (χ3n) is 3.78. The molecule has 1 N–H and O–H groups in total. The van der Waals surface area contributed by atoms with E-state index in [0.717, 1.165) is 0 Å². The Morgan fingerprint density at radius 1 is 1.45 bits per heavy atom. The molecule has 5 nitrogen and oxygen atoms in total. The maximum Gasteiger partial charge on any atom is 0.239 e.